The third kappa shape index (κ3) is 3.49. The summed E-state index contributed by atoms with van der Waals surface area (Å²) in [4.78, 5) is 12.2. The highest BCUT2D eigenvalue weighted by molar-refractivity contribution is 5.94. The monoisotopic (exact) mass is 260 g/mol. The lowest BCUT2D eigenvalue weighted by Crippen LogP contribution is -2.39. The number of carbonyl (C=O) groups is 1. The fraction of sp³-hybridized carbons (Fsp3) is 0.562. The molecule has 0 heterocycles. The molecule has 2 rings (SSSR count). The van der Waals surface area contributed by atoms with Crippen molar-refractivity contribution in [1.29, 1.82) is 0 Å². The molecule has 3 heteroatoms. The van der Waals surface area contributed by atoms with Gasteiger partial charge in [0.15, 0.2) is 0 Å². The van der Waals surface area contributed by atoms with Crippen molar-refractivity contribution in [2.24, 2.45) is 11.8 Å². The minimum atomic E-state index is 0.0504. The lowest BCUT2D eigenvalue weighted by atomic mass is 9.79. The first-order chi connectivity index (χ1) is 9.10. The largest absolute Gasteiger partial charge is 0.388 e. The minimum absolute atomic E-state index is 0.0504. The average Bonchev–Trinajstić information content (AvgIpc) is 2.43. The molecule has 0 aromatic heterocycles. The zero-order valence-corrected chi connectivity index (χ0v) is 12.1. The second kappa shape index (κ2) is 6.09. The van der Waals surface area contributed by atoms with E-state index in [2.05, 4.69) is 24.5 Å². The van der Waals surface area contributed by atoms with Crippen LogP contribution in [0.15, 0.2) is 24.3 Å². The Morgan fingerprint density at radius 2 is 1.79 bits per heavy atom. The van der Waals surface area contributed by atoms with Crippen LogP contribution in [0.25, 0.3) is 0 Å². The predicted octanol–water partition coefficient (Wildman–Crippen LogP) is 3.28. The second-order valence-corrected chi connectivity index (χ2v) is 5.77. The molecule has 3 atom stereocenters. The van der Waals surface area contributed by atoms with Crippen LogP contribution in [0.2, 0.25) is 0 Å². The Morgan fingerprint density at radius 1 is 1.11 bits per heavy atom. The van der Waals surface area contributed by atoms with Crippen LogP contribution in [0.3, 0.4) is 0 Å². The number of carbonyl (C=O) groups excluding carboxylic acids is 1. The third-order valence-corrected chi connectivity index (χ3v) is 4.37. The van der Waals surface area contributed by atoms with Crippen LogP contribution < -0.4 is 10.6 Å². The third-order valence-electron chi connectivity index (χ3n) is 4.37. The van der Waals surface area contributed by atoms with Crippen LogP contribution in [0.4, 0.5) is 5.69 Å². The van der Waals surface area contributed by atoms with E-state index in [4.69, 9.17) is 0 Å². The van der Waals surface area contributed by atoms with E-state index in [-0.39, 0.29) is 5.91 Å². The number of benzene rings is 1. The van der Waals surface area contributed by atoms with E-state index in [0.29, 0.717) is 12.0 Å². The number of hydrogen-bond acceptors (Lipinski definition) is 2. The normalized spacial score (nSPS) is 26.8. The Morgan fingerprint density at radius 3 is 2.37 bits per heavy atom. The maximum Gasteiger partial charge on any atom is 0.251 e. The molecule has 1 saturated carbocycles. The molecule has 0 saturated heterocycles. The van der Waals surface area contributed by atoms with Gasteiger partial charge in [0.2, 0.25) is 0 Å². The van der Waals surface area contributed by atoms with E-state index >= 15 is 0 Å². The smallest absolute Gasteiger partial charge is 0.251 e. The van der Waals surface area contributed by atoms with Crippen molar-refractivity contribution in [3.05, 3.63) is 29.8 Å². The van der Waals surface area contributed by atoms with E-state index in [0.717, 1.165) is 30.0 Å². The van der Waals surface area contributed by atoms with Crippen molar-refractivity contribution >= 4 is 11.6 Å². The van der Waals surface area contributed by atoms with Crippen molar-refractivity contribution in [3.63, 3.8) is 0 Å². The van der Waals surface area contributed by atoms with E-state index < -0.39 is 0 Å². The highest BCUT2D eigenvalue weighted by Gasteiger charge is 2.25. The maximum absolute atomic E-state index is 12.2. The SMILES string of the molecule is CNc1ccc(C(=O)NC2CCC(C)C(C)C2)cc1. The zero-order chi connectivity index (χ0) is 13.8. The molecular weight excluding hydrogens is 236 g/mol. The second-order valence-electron chi connectivity index (χ2n) is 5.77. The molecule has 104 valence electrons. The molecule has 3 unspecified atom stereocenters. The van der Waals surface area contributed by atoms with Gasteiger partial charge in [-0.05, 0) is 55.4 Å². The predicted molar refractivity (Wildman–Crippen MR) is 79.4 cm³/mol. The Kier molecular flexibility index (Phi) is 4.46. The van der Waals surface area contributed by atoms with E-state index in [9.17, 15) is 4.79 Å². The van der Waals surface area contributed by atoms with Gasteiger partial charge in [-0.3, -0.25) is 4.79 Å². The number of hydrogen-bond donors (Lipinski definition) is 2. The van der Waals surface area contributed by atoms with Gasteiger partial charge < -0.3 is 10.6 Å². The van der Waals surface area contributed by atoms with Gasteiger partial charge in [-0.25, -0.2) is 0 Å². The molecule has 0 spiro atoms. The lowest BCUT2D eigenvalue weighted by Gasteiger charge is -2.32. The molecule has 1 fully saturated rings. The molecule has 1 aromatic rings. The van der Waals surface area contributed by atoms with Gasteiger partial charge in [-0.2, -0.15) is 0 Å². The number of nitrogens with one attached hydrogen (secondary N) is 2. The molecule has 19 heavy (non-hydrogen) atoms. The summed E-state index contributed by atoms with van der Waals surface area (Å²) < 4.78 is 0. The van der Waals surface area contributed by atoms with Crippen LogP contribution >= 0.6 is 0 Å². The first-order valence-electron chi connectivity index (χ1n) is 7.19. The fourth-order valence-electron chi connectivity index (χ4n) is 2.74. The molecular formula is C16H24N2O. The summed E-state index contributed by atoms with van der Waals surface area (Å²) in [5, 5.41) is 6.22. The Bertz CT molecular complexity index is 427. The Hall–Kier alpha value is -1.51. The van der Waals surface area contributed by atoms with Crippen molar-refractivity contribution in [1.82, 2.24) is 5.32 Å². The van der Waals surface area contributed by atoms with Crippen molar-refractivity contribution in [2.45, 2.75) is 39.2 Å². The van der Waals surface area contributed by atoms with Crippen molar-refractivity contribution < 1.29 is 4.79 Å². The summed E-state index contributed by atoms with van der Waals surface area (Å²) >= 11 is 0. The van der Waals surface area contributed by atoms with Gasteiger partial charge in [0.1, 0.15) is 0 Å². The topological polar surface area (TPSA) is 41.1 Å². The van der Waals surface area contributed by atoms with Gasteiger partial charge >= 0.3 is 0 Å². The molecule has 0 aliphatic heterocycles. The Balaban J connectivity index is 1.93. The molecule has 1 aliphatic rings. The maximum atomic E-state index is 12.2. The lowest BCUT2D eigenvalue weighted by molar-refractivity contribution is 0.0910. The fourth-order valence-corrected chi connectivity index (χ4v) is 2.74. The van der Waals surface area contributed by atoms with Crippen LogP contribution in [0.1, 0.15) is 43.5 Å². The highest BCUT2D eigenvalue weighted by Crippen LogP contribution is 2.29. The molecule has 0 bridgehead atoms. The van der Waals surface area contributed by atoms with Crippen molar-refractivity contribution in [3.8, 4) is 0 Å². The van der Waals surface area contributed by atoms with Gasteiger partial charge in [0.25, 0.3) is 5.91 Å². The quantitative estimate of drug-likeness (QED) is 0.875. The van der Waals surface area contributed by atoms with Gasteiger partial charge in [-0.1, -0.05) is 13.8 Å². The van der Waals surface area contributed by atoms with E-state index in [1.807, 2.05) is 31.3 Å². The molecule has 1 aromatic carbocycles. The summed E-state index contributed by atoms with van der Waals surface area (Å²) in [6, 6.07) is 7.94. The average molecular weight is 260 g/mol. The number of anilines is 1. The Labute approximate surface area is 115 Å². The standard InChI is InChI=1S/C16H24N2O/c1-11-4-7-15(10-12(11)2)18-16(19)13-5-8-14(17-3)9-6-13/h5-6,8-9,11-12,15,17H,4,7,10H2,1-3H3,(H,18,19). The van der Waals surface area contributed by atoms with Crippen molar-refractivity contribution in [2.75, 3.05) is 12.4 Å². The number of amides is 1. The molecule has 1 aliphatic carbocycles. The van der Waals surface area contributed by atoms with E-state index in [1.165, 1.54) is 6.42 Å². The molecule has 3 nitrogen and oxygen atoms in total. The summed E-state index contributed by atoms with van der Waals surface area (Å²) in [6.07, 6.45) is 3.41. The summed E-state index contributed by atoms with van der Waals surface area (Å²) in [5.41, 5.74) is 1.77. The van der Waals surface area contributed by atoms with Crippen LogP contribution in [-0.2, 0) is 0 Å². The number of rotatable bonds is 3. The van der Waals surface area contributed by atoms with Gasteiger partial charge in [0, 0.05) is 24.3 Å². The first kappa shape index (κ1) is 13.9. The molecule has 2 N–H and O–H groups in total. The first-order valence-corrected chi connectivity index (χ1v) is 7.19. The minimum Gasteiger partial charge on any atom is -0.388 e. The van der Waals surface area contributed by atoms with Crippen LogP contribution in [0.5, 0.6) is 0 Å². The van der Waals surface area contributed by atoms with Gasteiger partial charge in [0.05, 0.1) is 0 Å². The molecule has 1 amide bonds. The van der Waals surface area contributed by atoms with Crippen LogP contribution in [-0.4, -0.2) is 19.0 Å². The summed E-state index contributed by atoms with van der Waals surface area (Å²) in [6.45, 7) is 4.59. The van der Waals surface area contributed by atoms with E-state index in [1.54, 1.807) is 0 Å². The highest BCUT2D eigenvalue weighted by atomic mass is 16.1. The zero-order valence-electron chi connectivity index (χ0n) is 12.1. The van der Waals surface area contributed by atoms with Gasteiger partial charge in [-0.15, -0.1) is 0 Å². The summed E-state index contributed by atoms with van der Waals surface area (Å²) in [5.74, 6) is 1.53. The molecule has 0 radical (unpaired) electrons. The summed E-state index contributed by atoms with van der Waals surface area (Å²) in [7, 11) is 1.87. The van der Waals surface area contributed by atoms with Crippen LogP contribution in [0, 0.1) is 11.8 Å².